The normalized spacial score (nSPS) is 10.5. The minimum Gasteiger partial charge on any atom is -0.506 e. The molecule has 0 radical (unpaired) electrons. The number of benzene rings is 1. The first-order valence-corrected chi connectivity index (χ1v) is 6.23. The summed E-state index contributed by atoms with van der Waals surface area (Å²) in [6.07, 6.45) is 0.878. The molecule has 0 heterocycles. The standard InChI is InChI=1S/C9H9Br3O/c1-3-5-6(10)4(2)7(11)9(13)8(5)12/h13H,3H2,1-2H3. The van der Waals surface area contributed by atoms with E-state index < -0.39 is 0 Å². The lowest BCUT2D eigenvalue weighted by atomic mass is 10.1. The molecule has 0 aliphatic rings. The molecule has 1 aromatic rings. The van der Waals surface area contributed by atoms with Gasteiger partial charge >= 0.3 is 0 Å². The van der Waals surface area contributed by atoms with E-state index >= 15 is 0 Å². The van der Waals surface area contributed by atoms with Gasteiger partial charge in [-0.2, -0.15) is 0 Å². The highest BCUT2D eigenvalue weighted by Crippen LogP contribution is 2.42. The Morgan fingerprint density at radius 3 is 2.08 bits per heavy atom. The summed E-state index contributed by atoms with van der Waals surface area (Å²) in [5.74, 6) is 0.276. The minimum absolute atomic E-state index is 0.276. The highest BCUT2D eigenvalue weighted by atomic mass is 79.9. The maximum atomic E-state index is 9.71. The second-order valence-electron chi connectivity index (χ2n) is 2.75. The molecule has 0 aromatic heterocycles. The van der Waals surface area contributed by atoms with Gasteiger partial charge in [-0.3, -0.25) is 0 Å². The monoisotopic (exact) mass is 370 g/mol. The number of aromatic hydroxyl groups is 1. The van der Waals surface area contributed by atoms with Crippen LogP contribution in [0.1, 0.15) is 18.1 Å². The molecule has 0 atom stereocenters. The van der Waals surface area contributed by atoms with Crippen LogP contribution in [0.5, 0.6) is 5.75 Å². The highest BCUT2D eigenvalue weighted by Gasteiger charge is 2.15. The van der Waals surface area contributed by atoms with Crippen molar-refractivity contribution in [2.24, 2.45) is 0 Å². The smallest absolute Gasteiger partial charge is 0.144 e. The molecule has 0 bridgehead atoms. The van der Waals surface area contributed by atoms with Gasteiger partial charge in [-0.15, -0.1) is 0 Å². The van der Waals surface area contributed by atoms with Gasteiger partial charge in [0.1, 0.15) is 5.75 Å². The van der Waals surface area contributed by atoms with E-state index in [9.17, 15) is 5.11 Å². The predicted octanol–water partition coefficient (Wildman–Crippen LogP) is 4.55. The Balaban J connectivity index is 3.56. The van der Waals surface area contributed by atoms with Crippen LogP contribution in [0.2, 0.25) is 0 Å². The summed E-state index contributed by atoms with van der Waals surface area (Å²) in [6, 6.07) is 0. The van der Waals surface area contributed by atoms with Crippen molar-refractivity contribution in [1.82, 2.24) is 0 Å². The number of phenols is 1. The number of phenolic OH excluding ortho intramolecular Hbond substituents is 1. The van der Waals surface area contributed by atoms with Crippen molar-refractivity contribution in [3.05, 3.63) is 24.5 Å². The number of halogens is 3. The van der Waals surface area contributed by atoms with Crippen molar-refractivity contribution in [3.8, 4) is 5.75 Å². The van der Waals surface area contributed by atoms with Crippen LogP contribution in [0.4, 0.5) is 0 Å². The number of hydrogen-bond donors (Lipinski definition) is 1. The van der Waals surface area contributed by atoms with Crippen molar-refractivity contribution in [1.29, 1.82) is 0 Å². The summed E-state index contributed by atoms with van der Waals surface area (Å²) in [5.41, 5.74) is 2.12. The van der Waals surface area contributed by atoms with Crippen LogP contribution in [0.25, 0.3) is 0 Å². The third-order valence-electron chi connectivity index (χ3n) is 1.96. The Hall–Kier alpha value is 0.460. The maximum absolute atomic E-state index is 9.71. The zero-order valence-electron chi connectivity index (χ0n) is 7.29. The zero-order valence-corrected chi connectivity index (χ0v) is 12.0. The topological polar surface area (TPSA) is 20.2 Å². The van der Waals surface area contributed by atoms with Crippen LogP contribution >= 0.6 is 47.8 Å². The first kappa shape index (κ1) is 11.5. The quantitative estimate of drug-likeness (QED) is 0.766. The molecule has 4 heteroatoms. The van der Waals surface area contributed by atoms with Gasteiger partial charge in [-0.05, 0) is 56.3 Å². The molecule has 1 rings (SSSR count). The second-order valence-corrected chi connectivity index (χ2v) is 5.13. The Morgan fingerprint density at radius 2 is 1.62 bits per heavy atom. The van der Waals surface area contributed by atoms with Gasteiger partial charge < -0.3 is 5.11 Å². The Bertz CT molecular complexity index is 318. The average Bonchev–Trinajstić information content (AvgIpc) is 2.13. The third-order valence-corrected chi connectivity index (χ3v) is 4.86. The molecule has 1 aromatic carbocycles. The molecule has 0 aliphatic heterocycles. The van der Waals surface area contributed by atoms with Gasteiger partial charge in [0.05, 0.1) is 8.95 Å². The zero-order chi connectivity index (χ0) is 10.2. The molecular weight excluding hydrogens is 364 g/mol. The second kappa shape index (κ2) is 4.32. The van der Waals surface area contributed by atoms with E-state index in [-0.39, 0.29) is 5.75 Å². The molecule has 72 valence electrons. The Morgan fingerprint density at radius 1 is 1.08 bits per heavy atom. The first-order chi connectivity index (χ1) is 6.00. The lowest BCUT2D eigenvalue weighted by Crippen LogP contribution is -1.91. The fourth-order valence-electron chi connectivity index (χ4n) is 1.15. The van der Waals surface area contributed by atoms with E-state index in [1.165, 1.54) is 0 Å². The third kappa shape index (κ3) is 1.95. The van der Waals surface area contributed by atoms with Crippen molar-refractivity contribution >= 4 is 47.8 Å². The minimum atomic E-state index is 0.276. The van der Waals surface area contributed by atoms with Gasteiger partial charge in [0, 0.05) is 4.47 Å². The predicted molar refractivity (Wildman–Crippen MR) is 65.3 cm³/mol. The number of rotatable bonds is 1. The highest BCUT2D eigenvalue weighted by molar-refractivity contribution is 9.11. The summed E-state index contributed by atoms with van der Waals surface area (Å²) in [6.45, 7) is 4.01. The molecule has 0 saturated carbocycles. The van der Waals surface area contributed by atoms with Crippen molar-refractivity contribution in [3.63, 3.8) is 0 Å². The molecular formula is C9H9Br3O. The van der Waals surface area contributed by atoms with E-state index in [4.69, 9.17) is 0 Å². The van der Waals surface area contributed by atoms with Gasteiger partial charge in [0.2, 0.25) is 0 Å². The lowest BCUT2D eigenvalue weighted by molar-refractivity contribution is 0.466. The van der Waals surface area contributed by atoms with Crippen molar-refractivity contribution < 1.29 is 5.11 Å². The molecule has 0 amide bonds. The Labute approximate surface area is 103 Å². The van der Waals surface area contributed by atoms with Crippen LogP contribution in [0.15, 0.2) is 13.4 Å². The van der Waals surface area contributed by atoms with E-state index in [2.05, 4.69) is 54.7 Å². The summed E-state index contributed by atoms with van der Waals surface area (Å²) < 4.78 is 2.55. The fourth-order valence-corrected chi connectivity index (χ4v) is 3.69. The molecule has 0 fully saturated rings. The summed E-state index contributed by atoms with van der Waals surface area (Å²) in [5, 5.41) is 9.71. The SMILES string of the molecule is CCc1c(Br)c(C)c(Br)c(O)c1Br. The van der Waals surface area contributed by atoms with E-state index in [0.717, 1.165) is 31.0 Å². The van der Waals surface area contributed by atoms with Crippen LogP contribution < -0.4 is 0 Å². The molecule has 1 N–H and O–H groups in total. The van der Waals surface area contributed by atoms with Gasteiger partial charge in [-0.25, -0.2) is 0 Å². The molecule has 0 aliphatic carbocycles. The summed E-state index contributed by atoms with van der Waals surface area (Å²) in [7, 11) is 0. The van der Waals surface area contributed by atoms with E-state index in [1.54, 1.807) is 0 Å². The van der Waals surface area contributed by atoms with Gasteiger partial charge in [0.25, 0.3) is 0 Å². The van der Waals surface area contributed by atoms with E-state index in [0.29, 0.717) is 0 Å². The Kier molecular flexibility index (Phi) is 3.83. The largest absolute Gasteiger partial charge is 0.506 e. The molecule has 0 spiro atoms. The van der Waals surface area contributed by atoms with Crippen molar-refractivity contribution in [2.75, 3.05) is 0 Å². The lowest BCUT2D eigenvalue weighted by Gasteiger charge is -2.12. The van der Waals surface area contributed by atoms with Crippen molar-refractivity contribution in [2.45, 2.75) is 20.3 Å². The van der Waals surface area contributed by atoms with Crippen LogP contribution in [0, 0.1) is 6.92 Å². The van der Waals surface area contributed by atoms with Crippen LogP contribution in [-0.2, 0) is 6.42 Å². The molecule has 1 nitrogen and oxygen atoms in total. The summed E-state index contributed by atoms with van der Waals surface area (Å²) in [4.78, 5) is 0. The fraction of sp³-hybridized carbons (Fsp3) is 0.333. The van der Waals surface area contributed by atoms with Gasteiger partial charge in [0.15, 0.2) is 0 Å². The number of hydrogen-bond acceptors (Lipinski definition) is 1. The van der Waals surface area contributed by atoms with Crippen LogP contribution in [-0.4, -0.2) is 5.11 Å². The van der Waals surface area contributed by atoms with Gasteiger partial charge in [-0.1, -0.05) is 22.9 Å². The molecule has 13 heavy (non-hydrogen) atoms. The average molecular weight is 373 g/mol. The first-order valence-electron chi connectivity index (χ1n) is 3.85. The summed E-state index contributed by atoms with van der Waals surface area (Å²) >= 11 is 10.2. The molecule has 0 unspecified atom stereocenters. The molecule has 0 saturated heterocycles. The van der Waals surface area contributed by atoms with Crippen LogP contribution in [0.3, 0.4) is 0 Å². The maximum Gasteiger partial charge on any atom is 0.144 e. The van der Waals surface area contributed by atoms with E-state index in [1.807, 2.05) is 6.92 Å².